The molecule has 2 aliphatic rings. The van der Waals surface area contributed by atoms with E-state index in [0.29, 0.717) is 24.4 Å². The van der Waals surface area contributed by atoms with Crippen molar-refractivity contribution >= 4 is 23.1 Å². The first kappa shape index (κ1) is 19.3. The number of para-hydroxylation sites is 1. The van der Waals surface area contributed by atoms with Gasteiger partial charge in [-0.25, -0.2) is 0 Å². The molecule has 28 heavy (non-hydrogen) atoms. The van der Waals surface area contributed by atoms with Crippen LogP contribution in [0.5, 0.6) is 0 Å². The van der Waals surface area contributed by atoms with Gasteiger partial charge < -0.3 is 5.32 Å². The Hall–Kier alpha value is -2.01. The molecule has 1 spiro atoms. The summed E-state index contributed by atoms with van der Waals surface area (Å²) in [6, 6.07) is 15.5. The minimum atomic E-state index is -4.11. The van der Waals surface area contributed by atoms with Crippen molar-refractivity contribution in [3.05, 3.63) is 64.7 Å². The quantitative estimate of drug-likeness (QED) is 0.593. The van der Waals surface area contributed by atoms with Crippen molar-refractivity contribution in [2.24, 2.45) is 16.3 Å². The van der Waals surface area contributed by atoms with E-state index in [4.69, 9.17) is 16.6 Å². The van der Waals surface area contributed by atoms with Gasteiger partial charge in [-0.05, 0) is 61.4 Å². The second kappa shape index (κ2) is 7.43. The molecule has 0 aromatic heterocycles. The third-order valence-corrected chi connectivity index (χ3v) is 6.25. The largest absolute Gasteiger partial charge is 0.391 e. The zero-order chi connectivity index (χ0) is 19.8. The van der Waals surface area contributed by atoms with E-state index >= 15 is 0 Å². The highest BCUT2D eigenvalue weighted by Crippen LogP contribution is 2.49. The minimum Gasteiger partial charge on any atom is -0.343 e. The number of fused-ring (bicyclic) bond motifs is 1. The van der Waals surface area contributed by atoms with Gasteiger partial charge >= 0.3 is 6.18 Å². The number of alkyl halides is 3. The molecule has 0 unspecified atom stereocenters. The Morgan fingerprint density at radius 2 is 1.82 bits per heavy atom. The maximum absolute atomic E-state index is 13.2. The average molecular weight is 407 g/mol. The molecule has 0 saturated heterocycles. The van der Waals surface area contributed by atoms with Gasteiger partial charge in [-0.2, -0.15) is 13.2 Å². The lowest BCUT2D eigenvalue weighted by atomic mass is 9.65. The summed E-state index contributed by atoms with van der Waals surface area (Å²) in [6.45, 7) is 0.454. The van der Waals surface area contributed by atoms with E-state index in [1.165, 1.54) is 0 Å². The Labute approximate surface area is 167 Å². The number of rotatable bonds is 2. The molecular formula is C22H22ClF3N2. The number of nitrogens with zero attached hydrogens (tertiary/aromatic N) is 1. The maximum atomic E-state index is 13.2. The number of halogens is 4. The van der Waals surface area contributed by atoms with Crippen LogP contribution in [-0.2, 0) is 13.0 Å². The van der Waals surface area contributed by atoms with Crippen molar-refractivity contribution < 1.29 is 13.2 Å². The van der Waals surface area contributed by atoms with Gasteiger partial charge in [0.05, 0.1) is 12.5 Å². The first-order valence-corrected chi connectivity index (χ1v) is 9.95. The zero-order valence-corrected chi connectivity index (χ0v) is 16.2. The van der Waals surface area contributed by atoms with Crippen molar-refractivity contribution in [2.75, 3.05) is 5.32 Å². The summed E-state index contributed by atoms with van der Waals surface area (Å²) >= 11 is 6.06. The Kier molecular flexibility index (Phi) is 5.13. The topological polar surface area (TPSA) is 24.4 Å². The van der Waals surface area contributed by atoms with Crippen LogP contribution in [-0.4, -0.2) is 12.0 Å². The molecular weight excluding hydrogens is 385 g/mol. The lowest BCUT2D eigenvalue weighted by molar-refractivity contribution is -0.185. The fourth-order valence-electron chi connectivity index (χ4n) is 4.43. The molecule has 4 rings (SSSR count). The molecule has 1 aliphatic carbocycles. The lowest BCUT2D eigenvalue weighted by Gasteiger charge is -2.44. The molecule has 0 bridgehead atoms. The number of hydrogen-bond acceptors (Lipinski definition) is 1. The lowest BCUT2D eigenvalue weighted by Crippen LogP contribution is -2.46. The zero-order valence-electron chi connectivity index (χ0n) is 15.4. The highest BCUT2D eigenvalue weighted by atomic mass is 35.5. The van der Waals surface area contributed by atoms with Crippen LogP contribution in [0.15, 0.2) is 53.5 Å². The molecule has 0 amide bonds. The molecule has 1 fully saturated rings. The maximum Gasteiger partial charge on any atom is 0.391 e. The van der Waals surface area contributed by atoms with Crippen LogP contribution in [0.4, 0.5) is 18.9 Å². The van der Waals surface area contributed by atoms with E-state index in [-0.39, 0.29) is 18.3 Å². The predicted molar refractivity (Wildman–Crippen MR) is 107 cm³/mol. The molecule has 148 valence electrons. The summed E-state index contributed by atoms with van der Waals surface area (Å²) < 4.78 is 39.5. The highest BCUT2D eigenvalue weighted by Gasteiger charge is 2.49. The molecule has 1 heterocycles. The van der Waals surface area contributed by atoms with Crippen LogP contribution in [0.25, 0.3) is 0 Å². The smallest absolute Gasteiger partial charge is 0.343 e. The minimum absolute atomic E-state index is 0.156. The highest BCUT2D eigenvalue weighted by molar-refractivity contribution is 6.30. The van der Waals surface area contributed by atoms with Crippen LogP contribution in [0, 0.1) is 11.3 Å². The predicted octanol–water partition coefficient (Wildman–Crippen LogP) is 6.65. The van der Waals surface area contributed by atoms with Crippen molar-refractivity contribution in [1.82, 2.24) is 0 Å². The van der Waals surface area contributed by atoms with Crippen LogP contribution < -0.4 is 5.32 Å². The van der Waals surface area contributed by atoms with Gasteiger partial charge in [-0.15, -0.1) is 0 Å². The fourth-order valence-corrected chi connectivity index (χ4v) is 4.64. The van der Waals surface area contributed by atoms with Gasteiger partial charge in [0.2, 0.25) is 0 Å². The third kappa shape index (κ3) is 3.90. The monoisotopic (exact) mass is 406 g/mol. The summed E-state index contributed by atoms with van der Waals surface area (Å²) in [7, 11) is 0. The summed E-state index contributed by atoms with van der Waals surface area (Å²) in [5.41, 5.74) is 2.78. The van der Waals surface area contributed by atoms with Crippen LogP contribution in [0.2, 0.25) is 5.02 Å². The van der Waals surface area contributed by atoms with Crippen LogP contribution >= 0.6 is 11.6 Å². The number of aliphatic imine (C=N–C) groups is 1. The number of benzene rings is 2. The van der Waals surface area contributed by atoms with E-state index in [0.717, 1.165) is 29.1 Å². The molecule has 2 aromatic carbocycles. The average Bonchev–Trinajstić information content (AvgIpc) is 2.66. The summed E-state index contributed by atoms with van der Waals surface area (Å²) in [6.07, 6.45) is -2.08. The first-order chi connectivity index (χ1) is 13.4. The second-order valence-corrected chi connectivity index (χ2v) is 8.29. The van der Waals surface area contributed by atoms with E-state index in [1.54, 1.807) is 0 Å². The summed E-state index contributed by atoms with van der Waals surface area (Å²) in [5, 5.41) is 4.08. The first-order valence-electron chi connectivity index (χ1n) is 9.57. The Morgan fingerprint density at radius 3 is 2.54 bits per heavy atom. The SMILES string of the molecule is FC(F)(F)C1CCC2(CC1)Cc1ccccc1NC2=NCc1cccc(Cl)c1. The van der Waals surface area contributed by atoms with Gasteiger partial charge in [0.15, 0.2) is 0 Å². The van der Waals surface area contributed by atoms with E-state index in [1.807, 2.05) is 48.5 Å². The van der Waals surface area contributed by atoms with Crippen molar-refractivity contribution in [3.63, 3.8) is 0 Å². The summed E-state index contributed by atoms with van der Waals surface area (Å²) in [5.74, 6) is -0.392. The van der Waals surface area contributed by atoms with Crippen molar-refractivity contribution in [2.45, 2.75) is 44.8 Å². The molecule has 2 nitrogen and oxygen atoms in total. The van der Waals surface area contributed by atoms with E-state index < -0.39 is 12.1 Å². The Balaban J connectivity index is 1.63. The standard InChI is InChI=1S/C22H22ClF3N2/c23-18-6-3-4-15(12-18)14-27-20-21(10-8-17(9-11-21)22(24,25)26)13-16-5-1-2-7-19(16)28-20/h1-7,12,17H,8-11,13-14H2,(H,27,28). The second-order valence-electron chi connectivity index (χ2n) is 7.85. The molecule has 1 aliphatic heterocycles. The third-order valence-electron chi connectivity index (χ3n) is 6.02. The van der Waals surface area contributed by atoms with Crippen LogP contribution in [0.3, 0.4) is 0 Å². The van der Waals surface area contributed by atoms with Gasteiger partial charge in [-0.1, -0.05) is 41.9 Å². The Bertz CT molecular complexity index is 883. The molecule has 1 saturated carbocycles. The van der Waals surface area contributed by atoms with Crippen LogP contribution in [0.1, 0.15) is 36.8 Å². The normalized spacial score (nSPS) is 26.1. The number of anilines is 1. The molecule has 6 heteroatoms. The van der Waals surface area contributed by atoms with Gasteiger partial charge in [0.1, 0.15) is 5.84 Å². The van der Waals surface area contributed by atoms with E-state index in [9.17, 15) is 13.2 Å². The molecule has 0 radical (unpaired) electrons. The molecule has 1 N–H and O–H groups in total. The number of amidine groups is 1. The fraction of sp³-hybridized carbons (Fsp3) is 0.409. The molecule has 2 aromatic rings. The van der Waals surface area contributed by atoms with Crippen molar-refractivity contribution in [3.8, 4) is 0 Å². The van der Waals surface area contributed by atoms with Gasteiger partial charge in [0.25, 0.3) is 0 Å². The van der Waals surface area contributed by atoms with Crippen molar-refractivity contribution in [1.29, 1.82) is 0 Å². The van der Waals surface area contributed by atoms with E-state index in [2.05, 4.69) is 5.32 Å². The van der Waals surface area contributed by atoms with Gasteiger partial charge in [-0.3, -0.25) is 4.99 Å². The number of nitrogens with one attached hydrogen (secondary N) is 1. The summed E-state index contributed by atoms with van der Waals surface area (Å²) in [4.78, 5) is 4.82. The molecule has 0 atom stereocenters. The number of hydrogen-bond donors (Lipinski definition) is 1. The Morgan fingerprint density at radius 1 is 1.07 bits per heavy atom. The van der Waals surface area contributed by atoms with Gasteiger partial charge in [0, 0.05) is 16.1 Å².